The van der Waals surface area contributed by atoms with Crippen molar-refractivity contribution < 1.29 is 4.18 Å². The monoisotopic (exact) mass is 179 g/mol. The van der Waals surface area contributed by atoms with Gasteiger partial charge in [-0.25, -0.2) is 0 Å². The van der Waals surface area contributed by atoms with Crippen LogP contribution in [-0.4, -0.2) is 12.1 Å². The minimum Gasteiger partial charge on any atom is -0.360 e. The van der Waals surface area contributed by atoms with Gasteiger partial charge in [-0.1, -0.05) is 18.2 Å². The van der Waals surface area contributed by atoms with Crippen molar-refractivity contribution in [3.8, 4) is 0 Å². The van der Waals surface area contributed by atoms with E-state index in [0.29, 0.717) is 0 Å². The van der Waals surface area contributed by atoms with Gasteiger partial charge in [0.05, 0.1) is 12.0 Å². The number of fused-ring (bicyclic) bond motifs is 1. The molecule has 2 aromatic rings. The predicted octanol–water partition coefficient (Wildman–Crippen LogP) is 2.82. The number of hydrogen-bond donors (Lipinski definition) is 1. The predicted molar refractivity (Wildman–Crippen MR) is 51.2 cm³/mol. The van der Waals surface area contributed by atoms with Gasteiger partial charge in [0.25, 0.3) is 0 Å². The molecule has 0 unspecified atom stereocenters. The van der Waals surface area contributed by atoms with Gasteiger partial charge >= 0.3 is 0 Å². The summed E-state index contributed by atoms with van der Waals surface area (Å²) in [6.07, 6.45) is 1.96. The second-order valence-electron chi connectivity index (χ2n) is 2.45. The summed E-state index contributed by atoms with van der Waals surface area (Å²) in [4.78, 5) is 4.30. The molecule has 62 valence electrons. The van der Waals surface area contributed by atoms with Crippen molar-refractivity contribution in [2.24, 2.45) is 0 Å². The van der Waals surface area contributed by atoms with E-state index in [1.807, 2.05) is 18.3 Å². The Balaban J connectivity index is 2.55. The Bertz CT molecular complexity index is 383. The van der Waals surface area contributed by atoms with Gasteiger partial charge in [-0.2, -0.15) is 0 Å². The van der Waals surface area contributed by atoms with E-state index in [1.165, 1.54) is 17.4 Å². The van der Waals surface area contributed by atoms with Crippen LogP contribution in [0, 0.1) is 0 Å². The van der Waals surface area contributed by atoms with E-state index in [1.54, 1.807) is 7.11 Å². The van der Waals surface area contributed by atoms with Crippen LogP contribution in [0.1, 0.15) is 0 Å². The third kappa shape index (κ3) is 1.21. The lowest BCUT2D eigenvalue weighted by Gasteiger charge is -1.93. The Morgan fingerprint density at radius 3 is 3.00 bits per heavy atom. The van der Waals surface area contributed by atoms with Crippen LogP contribution in [-0.2, 0) is 4.18 Å². The molecule has 2 rings (SSSR count). The van der Waals surface area contributed by atoms with Crippen LogP contribution in [0.5, 0.6) is 0 Å². The van der Waals surface area contributed by atoms with Crippen molar-refractivity contribution in [3.63, 3.8) is 0 Å². The maximum Gasteiger partial charge on any atom is 0.0606 e. The van der Waals surface area contributed by atoms with Crippen molar-refractivity contribution >= 4 is 22.9 Å². The van der Waals surface area contributed by atoms with Crippen LogP contribution in [0.3, 0.4) is 0 Å². The topological polar surface area (TPSA) is 25.0 Å². The highest BCUT2D eigenvalue weighted by Gasteiger charge is 2.01. The lowest BCUT2D eigenvalue weighted by atomic mass is 10.2. The molecule has 0 bridgehead atoms. The number of para-hydroxylation sites is 1. The van der Waals surface area contributed by atoms with Gasteiger partial charge in [-0.15, -0.1) is 0 Å². The lowest BCUT2D eigenvalue weighted by Crippen LogP contribution is -1.68. The summed E-state index contributed by atoms with van der Waals surface area (Å²) in [6, 6.07) is 8.16. The fourth-order valence-electron chi connectivity index (χ4n) is 1.20. The van der Waals surface area contributed by atoms with Gasteiger partial charge in [0, 0.05) is 29.1 Å². The summed E-state index contributed by atoms with van der Waals surface area (Å²) < 4.78 is 4.99. The molecule has 3 heteroatoms. The smallest absolute Gasteiger partial charge is 0.0606 e. The first-order valence-corrected chi connectivity index (χ1v) is 4.43. The first-order chi connectivity index (χ1) is 5.92. The maximum atomic E-state index is 4.99. The quantitative estimate of drug-likeness (QED) is 0.717. The van der Waals surface area contributed by atoms with E-state index >= 15 is 0 Å². The van der Waals surface area contributed by atoms with Crippen molar-refractivity contribution in [1.29, 1.82) is 0 Å². The molecule has 2 nitrogen and oxygen atoms in total. The van der Waals surface area contributed by atoms with E-state index in [9.17, 15) is 0 Å². The highest BCUT2D eigenvalue weighted by Crippen LogP contribution is 2.27. The van der Waals surface area contributed by atoms with Gasteiger partial charge < -0.3 is 9.17 Å². The summed E-state index contributed by atoms with van der Waals surface area (Å²) in [5, 5.41) is 1.21. The lowest BCUT2D eigenvalue weighted by molar-refractivity contribution is 0.490. The minimum absolute atomic E-state index is 1.13. The number of H-pyrrole nitrogens is 1. The highest BCUT2D eigenvalue weighted by atomic mass is 32.2. The molecule has 12 heavy (non-hydrogen) atoms. The fraction of sp³-hybridized carbons (Fsp3) is 0.111. The molecule has 0 aliphatic rings. The van der Waals surface area contributed by atoms with E-state index in [0.717, 1.165) is 10.4 Å². The number of nitrogens with one attached hydrogen (secondary N) is 1. The molecule has 0 aliphatic carbocycles. The largest absolute Gasteiger partial charge is 0.360 e. The summed E-state index contributed by atoms with van der Waals surface area (Å²) in [5.41, 5.74) is 1.15. The van der Waals surface area contributed by atoms with Gasteiger partial charge in [0.2, 0.25) is 0 Å². The van der Waals surface area contributed by atoms with E-state index in [2.05, 4.69) is 17.1 Å². The molecule has 0 radical (unpaired) electrons. The zero-order chi connectivity index (χ0) is 8.39. The number of aromatic nitrogens is 1. The first kappa shape index (κ1) is 7.71. The highest BCUT2D eigenvalue weighted by molar-refractivity contribution is 7.94. The minimum atomic E-state index is 1.13. The third-order valence-corrected chi connectivity index (χ3v) is 2.41. The summed E-state index contributed by atoms with van der Waals surface area (Å²) in [7, 11) is 1.67. The number of hydrogen-bond acceptors (Lipinski definition) is 2. The van der Waals surface area contributed by atoms with Crippen molar-refractivity contribution in [1.82, 2.24) is 4.98 Å². The SMILES string of the molecule is COSc1c[nH]c2ccccc12. The van der Waals surface area contributed by atoms with E-state index < -0.39 is 0 Å². The number of aromatic amines is 1. The van der Waals surface area contributed by atoms with Gasteiger partial charge in [0.15, 0.2) is 0 Å². The average molecular weight is 179 g/mol. The zero-order valence-corrected chi connectivity index (χ0v) is 7.52. The van der Waals surface area contributed by atoms with Crippen LogP contribution < -0.4 is 0 Å². The van der Waals surface area contributed by atoms with E-state index in [4.69, 9.17) is 4.18 Å². The van der Waals surface area contributed by atoms with Crippen LogP contribution in [0.2, 0.25) is 0 Å². The molecule has 0 amide bonds. The fourth-order valence-corrected chi connectivity index (χ4v) is 1.76. The Morgan fingerprint density at radius 2 is 2.17 bits per heavy atom. The molecule has 1 N–H and O–H groups in total. The maximum absolute atomic E-state index is 4.99. The molecular formula is C9H9NOS. The van der Waals surface area contributed by atoms with E-state index in [-0.39, 0.29) is 0 Å². The zero-order valence-electron chi connectivity index (χ0n) is 6.70. The van der Waals surface area contributed by atoms with Crippen LogP contribution in [0.25, 0.3) is 10.9 Å². The van der Waals surface area contributed by atoms with Gasteiger partial charge in [0.1, 0.15) is 0 Å². The molecule has 1 aromatic carbocycles. The molecule has 0 atom stereocenters. The molecule has 0 spiro atoms. The van der Waals surface area contributed by atoms with Crippen LogP contribution >= 0.6 is 12.0 Å². The molecule has 1 heterocycles. The summed E-state index contributed by atoms with van der Waals surface area (Å²) in [6.45, 7) is 0. The Morgan fingerprint density at radius 1 is 1.33 bits per heavy atom. The molecule has 0 fully saturated rings. The standard InChI is InChI=1S/C9H9NOS/c1-11-12-9-6-10-8-5-3-2-4-7(8)9/h2-6,10H,1H3. The second-order valence-corrected chi connectivity index (χ2v) is 3.39. The normalized spacial score (nSPS) is 10.8. The van der Waals surface area contributed by atoms with Crippen LogP contribution in [0.4, 0.5) is 0 Å². The molecule has 0 saturated heterocycles. The molecule has 1 aromatic heterocycles. The van der Waals surface area contributed by atoms with Crippen molar-refractivity contribution in [2.45, 2.75) is 4.90 Å². The average Bonchev–Trinajstić information content (AvgIpc) is 2.50. The van der Waals surface area contributed by atoms with Crippen molar-refractivity contribution in [3.05, 3.63) is 30.5 Å². The second kappa shape index (κ2) is 3.21. The summed E-state index contributed by atoms with van der Waals surface area (Å²) >= 11 is 1.38. The Labute approximate surface area is 75.1 Å². The third-order valence-electron chi connectivity index (χ3n) is 1.72. The van der Waals surface area contributed by atoms with Gasteiger partial charge in [-0.05, 0) is 6.07 Å². The molecular weight excluding hydrogens is 170 g/mol. The number of rotatable bonds is 2. The van der Waals surface area contributed by atoms with Gasteiger partial charge in [-0.3, -0.25) is 0 Å². The Hall–Kier alpha value is -0.930. The summed E-state index contributed by atoms with van der Waals surface area (Å²) in [5.74, 6) is 0. The number of benzene rings is 1. The van der Waals surface area contributed by atoms with Crippen LogP contribution in [0.15, 0.2) is 35.4 Å². The first-order valence-electron chi connectivity index (χ1n) is 3.68. The molecule has 0 saturated carbocycles. The molecule has 0 aliphatic heterocycles. The van der Waals surface area contributed by atoms with Crippen molar-refractivity contribution in [2.75, 3.05) is 7.11 Å². The Kier molecular flexibility index (Phi) is 2.06.